The van der Waals surface area contributed by atoms with Crippen molar-refractivity contribution in [3.8, 4) is 0 Å². The molecule has 132 valence electrons. The van der Waals surface area contributed by atoms with E-state index in [4.69, 9.17) is 4.42 Å². The number of nitrogens with one attached hydrogen (secondary N) is 1. The van der Waals surface area contributed by atoms with Gasteiger partial charge in [0, 0.05) is 18.0 Å². The molecule has 1 aromatic carbocycles. The van der Waals surface area contributed by atoms with Crippen molar-refractivity contribution in [3.63, 3.8) is 0 Å². The first-order valence-corrected chi connectivity index (χ1v) is 8.04. The summed E-state index contributed by atoms with van der Waals surface area (Å²) in [4.78, 5) is 0. The Hall–Kier alpha value is -1.75. The van der Waals surface area contributed by atoms with Crippen molar-refractivity contribution in [2.45, 2.75) is 58.3 Å². The van der Waals surface area contributed by atoms with E-state index < -0.39 is 11.7 Å². The third-order valence-electron chi connectivity index (χ3n) is 4.13. The highest BCUT2D eigenvalue weighted by molar-refractivity contribution is 5.25. The van der Waals surface area contributed by atoms with Crippen LogP contribution in [0.3, 0.4) is 0 Å². The number of furan rings is 1. The van der Waals surface area contributed by atoms with Crippen LogP contribution in [0.25, 0.3) is 0 Å². The van der Waals surface area contributed by atoms with Gasteiger partial charge < -0.3 is 9.73 Å². The van der Waals surface area contributed by atoms with E-state index in [2.05, 4.69) is 19.2 Å². The second-order valence-electron chi connectivity index (χ2n) is 6.98. The van der Waals surface area contributed by atoms with Crippen LogP contribution in [0, 0.1) is 6.92 Å². The van der Waals surface area contributed by atoms with Gasteiger partial charge in [-0.3, -0.25) is 0 Å². The summed E-state index contributed by atoms with van der Waals surface area (Å²) in [5.74, 6) is 1.80. The predicted octanol–water partition coefficient (Wildman–Crippen LogP) is 5.45. The summed E-state index contributed by atoms with van der Waals surface area (Å²) in [5, 5.41) is 3.30. The molecule has 1 aromatic heterocycles. The van der Waals surface area contributed by atoms with E-state index in [1.54, 1.807) is 6.07 Å². The second-order valence-corrected chi connectivity index (χ2v) is 6.98. The monoisotopic (exact) mass is 339 g/mol. The minimum Gasteiger partial charge on any atom is -0.466 e. The van der Waals surface area contributed by atoms with Gasteiger partial charge in [0.15, 0.2) is 0 Å². The van der Waals surface area contributed by atoms with Gasteiger partial charge in [0.05, 0.1) is 5.56 Å². The lowest BCUT2D eigenvalue weighted by Crippen LogP contribution is -2.32. The van der Waals surface area contributed by atoms with Crippen molar-refractivity contribution in [3.05, 3.63) is 59.0 Å². The van der Waals surface area contributed by atoms with Crippen molar-refractivity contribution < 1.29 is 17.6 Å². The van der Waals surface area contributed by atoms with Gasteiger partial charge in [-0.15, -0.1) is 0 Å². The Bertz CT molecular complexity index is 673. The summed E-state index contributed by atoms with van der Waals surface area (Å²) in [5.41, 5.74) is -0.127. The number of alkyl halides is 3. The number of rotatable bonds is 6. The molecule has 1 heterocycles. The summed E-state index contributed by atoms with van der Waals surface area (Å²) in [6.07, 6.45) is -3.49. The van der Waals surface area contributed by atoms with Crippen LogP contribution in [-0.4, -0.2) is 6.04 Å². The highest BCUT2D eigenvalue weighted by Crippen LogP contribution is 2.31. The van der Waals surface area contributed by atoms with Crippen LogP contribution < -0.4 is 5.32 Å². The molecule has 0 spiro atoms. The van der Waals surface area contributed by atoms with E-state index in [9.17, 15) is 13.2 Å². The molecule has 0 amide bonds. The third kappa shape index (κ3) is 4.87. The SMILES string of the molecule is Cc1ccc(C(C)(C)C[C@H](C)NCc2cccc(C(F)(F)F)c2)o1. The number of halogens is 3. The van der Waals surface area contributed by atoms with E-state index in [-0.39, 0.29) is 11.5 Å². The fraction of sp³-hybridized carbons (Fsp3) is 0.474. The Morgan fingerprint density at radius 1 is 1.12 bits per heavy atom. The number of aryl methyl sites for hydroxylation is 1. The standard InChI is InChI=1S/C19H24F3NO/c1-13(11-18(3,4)17-9-8-14(2)24-17)23-12-15-6-5-7-16(10-15)19(20,21)22/h5-10,13,23H,11-12H2,1-4H3/t13-/m0/s1. The Morgan fingerprint density at radius 2 is 1.83 bits per heavy atom. The van der Waals surface area contributed by atoms with Gasteiger partial charge in [-0.2, -0.15) is 13.2 Å². The van der Waals surface area contributed by atoms with Crippen molar-refractivity contribution in [1.82, 2.24) is 5.32 Å². The first-order chi connectivity index (χ1) is 11.1. The summed E-state index contributed by atoms with van der Waals surface area (Å²) in [6, 6.07) is 9.50. The van der Waals surface area contributed by atoms with Crippen LogP contribution in [0.1, 0.15) is 49.8 Å². The Kier molecular flexibility index (Phi) is 5.43. The van der Waals surface area contributed by atoms with Gasteiger partial charge in [-0.25, -0.2) is 0 Å². The molecule has 2 rings (SSSR count). The quantitative estimate of drug-likeness (QED) is 0.757. The van der Waals surface area contributed by atoms with Crippen LogP contribution in [0.5, 0.6) is 0 Å². The Labute approximate surface area is 141 Å². The molecule has 2 nitrogen and oxygen atoms in total. The lowest BCUT2D eigenvalue weighted by Gasteiger charge is -2.26. The zero-order chi connectivity index (χ0) is 18.0. The minimum atomic E-state index is -4.30. The average molecular weight is 339 g/mol. The van der Waals surface area contributed by atoms with Gasteiger partial charge in [0.1, 0.15) is 11.5 Å². The van der Waals surface area contributed by atoms with E-state index in [0.717, 1.165) is 24.0 Å². The molecular formula is C19H24F3NO. The van der Waals surface area contributed by atoms with Gasteiger partial charge in [-0.1, -0.05) is 32.0 Å². The van der Waals surface area contributed by atoms with Crippen LogP contribution >= 0.6 is 0 Å². The average Bonchev–Trinajstić information content (AvgIpc) is 2.92. The lowest BCUT2D eigenvalue weighted by molar-refractivity contribution is -0.137. The van der Waals surface area contributed by atoms with Gasteiger partial charge in [0.25, 0.3) is 0 Å². The van der Waals surface area contributed by atoms with E-state index in [1.165, 1.54) is 12.1 Å². The third-order valence-corrected chi connectivity index (χ3v) is 4.13. The van der Waals surface area contributed by atoms with Gasteiger partial charge in [0.2, 0.25) is 0 Å². The smallest absolute Gasteiger partial charge is 0.416 e. The molecule has 24 heavy (non-hydrogen) atoms. The normalized spacial score (nSPS) is 14.0. The largest absolute Gasteiger partial charge is 0.466 e. The molecule has 0 unspecified atom stereocenters. The number of hydrogen-bond donors (Lipinski definition) is 1. The molecule has 0 fully saturated rings. The van der Waals surface area contributed by atoms with Crippen molar-refractivity contribution in [1.29, 1.82) is 0 Å². The molecule has 0 bridgehead atoms. The zero-order valence-corrected chi connectivity index (χ0v) is 14.5. The van der Waals surface area contributed by atoms with E-state index >= 15 is 0 Å². The summed E-state index contributed by atoms with van der Waals surface area (Å²) in [7, 11) is 0. The topological polar surface area (TPSA) is 25.2 Å². The van der Waals surface area contributed by atoms with E-state index in [0.29, 0.717) is 12.1 Å². The van der Waals surface area contributed by atoms with Crippen molar-refractivity contribution in [2.24, 2.45) is 0 Å². The highest BCUT2D eigenvalue weighted by Gasteiger charge is 2.30. The van der Waals surface area contributed by atoms with Crippen LogP contribution in [0.4, 0.5) is 13.2 Å². The molecule has 0 saturated carbocycles. The molecule has 0 radical (unpaired) electrons. The van der Waals surface area contributed by atoms with Crippen LogP contribution in [0.15, 0.2) is 40.8 Å². The highest BCUT2D eigenvalue weighted by atomic mass is 19.4. The Morgan fingerprint density at radius 3 is 2.42 bits per heavy atom. The molecule has 0 aliphatic carbocycles. The molecule has 1 atom stereocenters. The second kappa shape index (κ2) is 7.01. The maximum absolute atomic E-state index is 12.7. The number of benzene rings is 1. The molecule has 0 aliphatic rings. The molecule has 2 aromatic rings. The maximum atomic E-state index is 12.7. The fourth-order valence-corrected chi connectivity index (χ4v) is 2.89. The lowest BCUT2D eigenvalue weighted by atomic mass is 9.83. The first-order valence-electron chi connectivity index (χ1n) is 8.04. The first kappa shape index (κ1) is 18.6. The maximum Gasteiger partial charge on any atom is 0.416 e. The zero-order valence-electron chi connectivity index (χ0n) is 14.5. The van der Waals surface area contributed by atoms with Crippen LogP contribution in [-0.2, 0) is 18.1 Å². The van der Waals surface area contributed by atoms with Gasteiger partial charge >= 0.3 is 6.18 Å². The van der Waals surface area contributed by atoms with Crippen molar-refractivity contribution >= 4 is 0 Å². The molecule has 1 N–H and O–H groups in total. The summed E-state index contributed by atoms with van der Waals surface area (Å²) < 4.78 is 44.0. The summed E-state index contributed by atoms with van der Waals surface area (Å²) in [6.45, 7) is 8.56. The van der Waals surface area contributed by atoms with Crippen molar-refractivity contribution in [2.75, 3.05) is 0 Å². The predicted molar refractivity (Wildman–Crippen MR) is 88.8 cm³/mol. The van der Waals surface area contributed by atoms with Gasteiger partial charge in [-0.05, 0) is 44.0 Å². The fourth-order valence-electron chi connectivity index (χ4n) is 2.89. The number of hydrogen-bond acceptors (Lipinski definition) is 2. The van der Waals surface area contributed by atoms with Crippen LogP contribution in [0.2, 0.25) is 0 Å². The molecular weight excluding hydrogens is 315 g/mol. The molecule has 5 heteroatoms. The molecule has 0 saturated heterocycles. The summed E-state index contributed by atoms with van der Waals surface area (Å²) >= 11 is 0. The molecule has 0 aliphatic heterocycles. The Balaban J connectivity index is 1.95. The van der Waals surface area contributed by atoms with E-state index in [1.807, 2.05) is 26.0 Å². The minimum absolute atomic E-state index is 0.139.